The number of aromatic hydroxyl groups is 1. The Kier molecular flexibility index (Phi) is 6.38. The summed E-state index contributed by atoms with van der Waals surface area (Å²) in [5.41, 5.74) is 0.533. The number of amides is 1. The number of rotatable bonds is 7. The number of thiophene rings is 1. The van der Waals surface area contributed by atoms with Crippen LogP contribution in [-0.4, -0.2) is 39.1 Å². The fourth-order valence-corrected chi connectivity index (χ4v) is 4.53. The van der Waals surface area contributed by atoms with Gasteiger partial charge < -0.3 is 14.7 Å². The van der Waals surface area contributed by atoms with E-state index in [1.807, 2.05) is 6.07 Å². The maximum absolute atomic E-state index is 12.2. The SMILES string of the molecule is CN(C(=O)COC(=O)c1ccc(NS(=O)(=O)c2cccs2)cc1O)c1ccccc1. The third-order valence-corrected chi connectivity index (χ3v) is 6.85. The smallest absolute Gasteiger partial charge is 0.342 e. The molecule has 3 aromatic rings. The molecular weight excluding hydrogens is 428 g/mol. The van der Waals surface area contributed by atoms with Crippen LogP contribution in [0.25, 0.3) is 0 Å². The van der Waals surface area contributed by atoms with Crippen molar-refractivity contribution in [1.82, 2.24) is 0 Å². The lowest BCUT2D eigenvalue weighted by atomic mass is 10.2. The molecule has 0 bridgehead atoms. The Morgan fingerprint density at radius 2 is 1.83 bits per heavy atom. The van der Waals surface area contributed by atoms with E-state index in [9.17, 15) is 23.1 Å². The van der Waals surface area contributed by atoms with Crippen LogP contribution in [0.4, 0.5) is 11.4 Å². The first-order valence-electron chi connectivity index (χ1n) is 8.66. The van der Waals surface area contributed by atoms with E-state index in [-0.39, 0.29) is 15.5 Å². The number of hydrogen-bond acceptors (Lipinski definition) is 7. The number of carbonyl (C=O) groups is 2. The highest BCUT2D eigenvalue weighted by Crippen LogP contribution is 2.26. The van der Waals surface area contributed by atoms with E-state index < -0.39 is 34.3 Å². The molecule has 0 spiro atoms. The normalized spacial score (nSPS) is 11.0. The molecule has 1 heterocycles. The fourth-order valence-electron chi connectivity index (χ4n) is 2.49. The summed E-state index contributed by atoms with van der Waals surface area (Å²) in [7, 11) is -2.23. The Labute approximate surface area is 177 Å². The van der Waals surface area contributed by atoms with Gasteiger partial charge >= 0.3 is 5.97 Å². The zero-order valence-electron chi connectivity index (χ0n) is 15.8. The minimum absolute atomic E-state index is 0.0809. The first kappa shape index (κ1) is 21.3. The molecule has 0 saturated heterocycles. The van der Waals surface area contributed by atoms with Crippen molar-refractivity contribution in [2.75, 3.05) is 23.3 Å². The standard InChI is InChI=1S/C20H18N2O6S2/c1-22(15-6-3-2-4-7-15)18(24)13-28-20(25)16-10-9-14(12-17(16)23)21-30(26,27)19-8-5-11-29-19/h2-12,21,23H,13H2,1H3. The Balaban J connectivity index is 1.63. The Bertz CT molecular complexity index is 1150. The molecule has 0 aliphatic heterocycles. The van der Waals surface area contributed by atoms with Gasteiger partial charge in [0.2, 0.25) is 0 Å². The average molecular weight is 447 g/mol. The van der Waals surface area contributed by atoms with Crippen LogP contribution in [0.15, 0.2) is 70.3 Å². The van der Waals surface area contributed by atoms with Crippen LogP contribution >= 0.6 is 11.3 Å². The molecule has 8 nitrogen and oxygen atoms in total. The minimum atomic E-state index is -3.79. The van der Waals surface area contributed by atoms with Gasteiger partial charge in [0.05, 0.1) is 5.69 Å². The molecule has 30 heavy (non-hydrogen) atoms. The third-order valence-electron chi connectivity index (χ3n) is 4.07. The number of likely N-dealkylation sites (N-methyl/N-ethyl adjacent to an activating group) is 1. The van der Waals surface area contributed by atoms with Gasteiger partial charge in [0.25, 0.3) is 15.9 Å². The van der Waals surface area contributed by atoms with Crippen LogP contribution in [0.5, 0.6) is 5.75 Å². The summed E-state index contributed by atoms with van der Waals surface area (Å²) in [6, 6.07) is 15.5. The lowest BCUT2D eigenvalue weighted by Gasteiger charge is -2.17. The van der Waals surface area contributed by atoms with Gasteiger partial charge in [-0.05, 0) is 35.7 Å². The van der Waals surface area contributed by atoms with Gasteiger partial charge in [0, 0.05) is 18.8 Å². The molecule has 0 saturated carbocycles. The molecule has 0 atom stereocenters. The van der Waals surface area contributed by atoms with E-state index in [1.165, 1.54) is 23.1 Å². The highest BCUT2D eigenvalue weighted by molar-refractivity contribution is 7.94. The minimum Gasteiger partial charge on any atom is -0.507 e. The molecule has 1 aromatic heterocycles. The quantitative estimate of drug-likeness (QED) is 0.540. The van der Waals surface area contributed by atoms with Crippen molar-refractivity contribution in [3.63, 3.8) is 0 Å². The zero-order chi connectivity index (χ0) is 21.7. The highest BCUT2D eigenvalue weighted by Gasteiger charge is 2.19. The van der Waals surface area contributed by atoms with Gasteiger partial charge in [-0.2, -0.15) is 0 Å². The monoisotopic (exact) mass is 446 g/mol. The largest absolute Gasteiger partial charge is 0.507 e. The molecule has 156 valence electrons. The van der Waals surface area contributed by atoms with Gasteiger partial charge in [-0.3, -0.25) is 9.52 Å². The maximum atomic E-state index is 12.2. The van der Waals surface area contributed by atoms with Crippen molar-refractivity contribution in [2.24, 2.45) is 0 Å². The van der Waals surface area contributed by atoms with Crippen molar-refractivity contribution in [3.8, 4) is 5.75 Å². The van der Waals surface area contributed by atoms with Crippen molar-refractivity contribution < 1.29 is 27.9 Å². The summed E-state index contributed by atoms with van der Waals surface area (Å²) in [4.78, 5) is 25.8. The first-order chi connectivity index (χ1) is 14.3. The second-order valence-corrected chi connectivity index (χ2v) is 8.99. The Morgan fingerprint density at radius 3 is 2.47 bits per heavy atom. The molecule has 0 fully saturated rings. The Hall–Kier alpha value is -3.37. The van der Waals surface area contributed by atoms with Gasteiger partial charge in [-0.1, -0.05) is 24.3 Å². The predicted molar refractivity (Wildman–Crippen MR) is 113 cm³/mol. The van der Waals surface area contributed by atoms with Crippen molar-refractivity contribution in [3.05, 3.63) is 71.6 Å². The summed E-state index contributed by atoms with van der Waals surface area (Å²) in [5.74, 6) is -1.83. The molecule has 2 aromatic carbocycles. The van der Waals surface area contributed by atoms with Crippen LogP contribution < -0.4 is 9.62 Å². The van der Waals surface area contributed by atoms with E-state index in [2.05, 4.69) is 4.72 Å². The van der Waals surface area contributed by atoms with Crippen LogP contribution in [0, 0.1) is 0 Å². The number of nitrogens with zero attached hydrogens (tertiary/aromatic N) is 1. The molecule has 1 amide bonds. The molecule has 0 unspecified atom stereocenters. The molecule has 10 heteroatoms. The number of nitrogens with one attached hydrogen (secondary N) is 1. The summed E-state index contributed by atoms with van der Waals surface area (Å²) in [5, 5.41) is 11.7. The molecular formula is C20H18N2O6S2. The van der Waals surface area contributed by atoms with Crippen molar-refractivity contribution in [1.29, 1.82) is 0 Å². The number of hydrogen-bond donors (Lipinski definition) is 2. The number of benzene rings is 2. The molecule has 0 aliphatic carbocycles. The Morgan fingerprint density at radius 1 is 1.10 bits per heavy atom. The summed E-state index contributed by atoms with van der Waals surface area (Å²) < 4.78 is 31.9. The van der Waals surface area contributed by atoms with E-state index in [0.29, 0.717) is 5.69 Å². The maximum Gasteiger partial charge on any atom is 0.342 e. The van der Waals surface area contributed by atoms with Gasteiger partial charge in [-0.15, -0.1) is 11.3 Å². The lowest BCUT2D eigenvalue weighted by Crippen LogP contribution is -2.31. The number of ether oxygens (including phenoxy) is 1. The topological polar surface area (TPSA) is 113 Å². The average Bonchev–Trinajstić information content (AvgIpc) is 3.28. The van der Waals surface area contributed by atoms with Crippen LogP contribution in [0.2, 0.25) is 0 Å². The predicted octanol–water partition coefficient (Wildman–Crippen LogP) is 3.07. The number of esters is 1. The molecule has 3 rings (SSSR count). The van der Waals surface area contributed by atoms with Crippen molar-refractivity contribution >= 4 is 44.6 Å². The van der Waals surface area contributed by atoms with Crippen LogP contribution in [0.3, 0.4) is 0 Å². The molecule has 0 radical (unpaired) electrons. The molecule has 2 N–H and O–H groups in total. The lowest BCUT2D eigenvalue weighted by molar-refractivity contribution is -0.121. The number of anilines is 2. The number of phenolic OH excluding ortho intramolecular Hbond substituents is 1. The number of para-hydroxylation sites is 1. The van der Waals surface area contributed by atoms with E-state index in [1.54, 1.807) is 42.8 Å². The second-order valence-electron chi connectivity index (χ2n) is 6.13. The second kappa shape index (κ2) is 8.97. The van der Waals surface area contributed by atoms with E-state index in [0.717, 1.165) is 17.4 Å². The first-order valence-corrected chi connectivity index (χ1v) is 11.0. The summed E-state index contributed by atoms with van der Waals surface area (Å²) >= 11 is 1.05. The van der Waals surface area contributed by atoms with Gasteiger partial charge in [0.15, 0.2) is 6.61 Å². The third kappa shape index (κ3) is 4.97. The zero-order valence-corrected chi connectivity index (χ0v) is 17.4. The van der Waals surface area contributed by atoms with E-state index >= 15 is 0 Å². The van der Waals surface area contributed by atoms with Gasteiger partial charge in [-0.25, -0.2) is 13.2 Å². The van der Waals surface area contributed by atoms with E-state index in [4.69, 9.17) is 4.74 Å². The summed E-state index contributed by atoms with van der Waals surface area (Å²) in [6.45, 7) is -0.517. The number of phenols is 1. The number of sulfonamides is 1. The van der Waals surface area contributed by atoms with Crippen LogP contribution in [-0.2, 0) is 19.6 Å². The highest BCUT2D eigenvalue weighted by atomic mass is 32.2. The molecule has 0 aliphatic rings. The van der Waals surface area contributed by atoms with Crippen molar-refractivity contribution in [2.45, 2.75) is 4.21 Å². The number of carbonyl (C=O) groups excluding carboxylic acids is 2. The fraction of sp³-hybridized carbons (Fsp3) is 0.100. The summed E-state index contributed by atoms with van der Waals surface area (Å²) in [6.07, 6.45) is 0. The van der Waals surface area contributed by atoms with Gasteiger partial charge in [0.1, 0.15) is 15.5 Å². The van der Waals surface area contributed by atoms with Crippen LogP contribution in [0.1, 0.15) is 10.4 Å².